The van der Waals surface area contributed by atoms with Gasteiger partial charge in [-0.1, -0.05) is 60.1 Å². The molecule has 3 N–H and O–H groups in total. The van der Waals surface area contributed by atoms with E-state index in [4.69, 9.17) is 16.3 Å². The normalized spacial score (nSPS) is 14.4. The molecule has 2 aromatic carbocycles. The van der Waals surface area contributed by atoms with Gasteiger partial charge in [0.2, 0.25) is 0 Å². The molecule has 0 spiro atoms. The van der Waals surface area contributed by atoms with Crippen LogP contribution in [0.4, 0.5) is 4.79 Å². The van der Waals surface area contributed by atoms with Crippen LogP contribution in [0.15, 0.2) is 66.9 Å². The number of alkyl carbamates (subject to hydrolysis) is 1. The summed E-state index contributed by atoms with van der Waals surface area (Å²) >= 11 is 6.00. The minimum Gasteiger partial charge on any atom is -0.449 e. The van der Waals surface area contributed by atoms with Crippen LogP contribution in [0.1, 0.15) is 35.3 Å². The highest BCUT2D eigenvalue weighted by Gasteiger charge is 2.29. The van der Waals surface area contributed by atoms with Gasteiger partial charge in [0.25, 0.3) is 0 Å². The van der Waals surface area contributed by atoms with Crippen LogP contribution in [0.25, 0.3) is 11.1 Å². The first kappa shape index (κ1) is 21.3. The van der Waals surface area contributed by atoms with Gasteiger partial charge in [0, 0.05) is 18.7 Å². The van der Waals surface area contributed by atoms with Gasteiger partial charge in [-0.15, -0.1) is 0 Å². The lowest BCUT2D eigenvalue weighted by Gasteiger charge is -2.18. The van der Waals surface area contributed by atoms with Gasteiger partial charge in [0.15, 0.2) is 0 Å². The van der Waals surface area contributed by atoms with Crippen LogP contribution in [0.3, 0.4) is 0 Å². The molecular formula is C24H23ClN2O4. The largest absolute Gasteiger partial charge is 0.449 e. The summed E-state index contributed by atoms with van der Waals surface area (Å²) in [5, 5.41) is 23.3. The summed E-state index contributed by atoms with van der Waals surface area (Å²) in [7, 11) is 0. The number of halogens is 1. The molecule has 0 radical (unpaired) electrons. The van der Waals surface area contributed by atoms with Crippen molar-refractivity contribution < 1.29 is 19.7 Å². The molecule has 1 aliphatic carbocycles. The molecule has 7 heteroatoms. The number of carbonyl (C=O) groups is 1. The van der Waals surface area contributed by atoms with Crippen LogP contribution in [0, 0.1) is 0 Å². The van der Waals surface area contributed by atoms with Crippen molar-refractivity contribution in [2.75, 3.05) is 13.2 Å². The van der Waals surface area contributed by atoms with E-state index in [-0.39, 0.29) is 36.2 Å². The van der Waals surface area contributed by atoms with Crippen LogP contribution in [0.2, 0.25) is 5.02 Å². The number of rotatable bonds is 7. The average molecular weight is 439 g/mol. The summed E-state index contributed by atoms with van der Waals surface area (Å²) in [6.45, 7) is 0.355. The van der Waals surface area contributed by atoms with E-state index >= 15 is 0 Å². The molecule has 0 fully saturated rings. The van der Waals surface area contributed by atoms with Crippen molar-refractivity contribution in [3.63, 3.8) is 0 Å². The lowest BCUT2D eigenvalue weighted by atomic mass is 9.98. The summed E-state index contributed by atoms with van der Waals surface area (Å²) in [5.74, 6) is -0.0168. The Balaban J connectivity index is 1.29. The number of hydrogen-bond acceptors (Lipinski definition) is 5. The number of ether oxygens (including phenoxy) is 1. The quantitative estimate of drug-likeness (QED) is 0.517. The van der Waals surface area contributed by atoms with E-state index < -0.39 is 18.3 Å². The minimum absolute atomic E-state index is 0.0168. The van der Waals surface area contributed by atoms with Crippen LogP contribution in [-0.4, -0.2) is 40.5 Å². The van der Waals surface area contributed by atoms with Crippen molar-refractivity contribution in [1.29, 1.82) is 0 Å². The summed E-state index contributed by atoms with van der Waals surface area (Å²) in [6, 6.07) is 19.5. The van der Waals surface area contributed by atoms with Gasteiger partial charge in [0.1, 0.15) is 12.7 Å². The zero-order chi connectivity index (χ0) is 21.8. The molecule has 3 aromatic rings. The van der Waals surface area contributed by atoms with Crippen molar-refractivity contribution in [2.45, 2.75) is 24.5 Å². The maximum absolute atomic E-state index is 12.2. The number of hydrogen-bond donors (Lipinski definition) is 3. The highest BCUT2D eigenvalue weighted by Crippen LogP contribution is 2.44. The zero-order valence-electron chi connectivity index (χ0n) is 16.7. The molecule has 0 saturated heterocycles. The number of aliphatic hydroxyl groups excluding tert-OH is 2. The molecule has 4 rings (SSSR count). The number of aliphatic hydroxyl groups is 2. The summed E-state index contributed by atoms with van der Waals surface area (Å²) < 4.78 is 5.46. The Kier molecular flexibility index (Phi) is 6.51. The highest BCUT2D eigenvalue weighted by atomic mass is 35.5. The smallest absolute Gasteiger partial charge is 0.407 e. The Hall–Kier alpha value is -2.93. The number of benzene rings is 2. The van der Waals surface area contributed by atoms with Gasteiger partial charge >= 0.3 is 6.09 Å². The fourth-order valence-electron chi connectivity index (χ4n) is 3.93. The Morgan fingerprint density at radius 2 is 1.68 bits per heavy atom. The third-order valence-electron chi connectivity index (χ3n) is 5.48. The monoisotopic (exact) mass is 438 g/mol. The fourth-order valence-corrected chi connectivity index (χ4v) is 4.16. The van der Waals surface area contributed by atoms with Gasteiger partial charge in [-0.3, -0.25) is 4.98 Å². The van der Waals surface area contributed by atoms with Gasteiger partial charge in [-0.05, 0) is 40.8 Å². The first-order valence-corrected chi connectivity index (χ1v) is 10.5. The maximum Gasteiger partial charge on any atom is 0.407 e. The molecule has 1 heterocycles. The second-order valence-corrected chi connectivity index (χ2v) is 7.83. The second kappa shape index (κ2) is 9.47. The number of nitrogens with one attached hydrogen (secondary N) is 1. The van der Waals surface area contributed by atoms with Gasteiger partial charge < -0.3 is 20.3 Å². The van der Waals surface area contributed by atoms with Gasteiger partial charge in [0.05, 0.1) is 16.8 Å². The zero-order valence-corrected chi connectivity index (χ0v) is 17.5. The summed E-state index contributed by atoms with van der Waals surface area (Å²) in [6.07, 6.45) is -1.32. The molecule has 0 bridgehead atoms. The molecule has 2 unspecified atom stereocenters. The highest BCUT2D eigenvalue weighted by molar-refractivity contribution is 6.31. The lowest BCUT2D eigenvalue weighted by molar-refractivity contribution is 0.0112. The third kappa shape index (κ3) is 4.56. The second-order valence-electron chi connectivity index (χ2n) is 7.42. The van der Waals surface area contributed by atoms with E-state index in [0.29, 0.717) is 0 Å². The van der Waals surface area contributed by atoms with E-state index in [1.165, 1.54) is 6.20 Å². The van der Waals surface area contributed by atoms with Crippen LogP contribution in [-0.2, 0) is 4.74 Å². The molecule has 1 amide bonds. The fraction of sp³-hybridized carbons (Fsp3) is 0.250. The van der Waals surface area contributed by atoms with E-state index in [1.54, 1.807) is 12.1 Å². The molecule has 2 atom stereocenters. The van der Waals surface area contributed by atoms with Crippen molar-refractivity contribution in [3.8, 4) is 11.1 Å². The van der Waals surface area contributed by atoms with Crippen molar-refractivity contribution in [1.82, 2.24) is 10.3 Å². The van der Waals surface area contributed by atoms with E-state index in [2.05, 4.69) is 34.6 Å². The Bertz CT molecular complexity index is 1030. The molecule has 1 aromatic heterocycles. The maximum atomic E-state index is 12.2. The topological polar surface area (TPSA) is 91.7 Å². The predicted molar refractivity (Wildman–Crippen MR) is 118 cm³/mol. The summed E-state index contributed by atoms with van der Waals surface area (Å²) in [4.78, 5) is 16.2. The molecule has 1 aliphatic rings. The number of amides is 1. The van der Waals surface area contributed by atoms with Crippen molar-refractivity contribution in [3.05, 3.63) is 88.7 Å². The Morgan fingerprint density at radius 3 is 2.32 bits per heavy atom. The van der Waals surface area contributed by atoms with Gasteiger partial charge in [-0.2, -0.15) is 0 Å². The van der Waals surface area contributed by atoms with Crippen molar-refractivity contribution >= 4 is 17.7 Å². The number of fused-ring (bicyclic) bond motifs is 3. The van der Waals surface area contributed by atoms with Crippen molar-refractivity contribution in [2.24, 2.45) is 0 Å². The average Bonchev–Trinajstić information content (AvgIpc) is 3.11. The SMILES string of the molecule is O=C(NCCC(O)C(O)c1ncccc1Cl)OCC1c2ccccc2-c2ccccc21. The number of pyridine rings is 1. The predicted octanol–water partition coefficient (Wildman–Crippen LogP) is 4.06. The number of aromatic nitrogens is 1. The first-order chi connectivity index (χ1) is 15.1. The number of nitrogens with zero attached hydrogens (tertiary/aromatic N) is 1. The molecule has 0 aliphatic heterocycles. The third-order valence-corrected chi connectivity index (χ3v) is 5.80. The molecule has 6 nitrogen and oxygen atoms in total. The Morgan fingerprint density at radius 1 is 1.03 bits per heavy atom. The standard InChI is InChI=1S/C24H23ClN2O4/c25-20-10-5-12-26-22(20)23(29)21(28)11-13-27-24(30)31-14-19-17-8-3-1-6-15(17)16-7-2-4-9-18(16)19/h1-10,12,19,21,23,28-29H,11,13-14H2,(H,27,30). The molecule has 0 saturated carbocycles. The lowest BCUT2D eigenvalue weighted by Crippen LogP contribution is -2.31. The molecule has 160 valence electrons. The van der Waals surface area contributed by atoms with Crippen LogP contribution in [0.5, 0.6) is 0 Å². The molecule has 31 heavy (non-hydrogen) atoms. The minimum atomic E-state index is -1.24. The first-order valence-electron chi connectivity index (χ1n) is 10.1. The van der Waals surface area contributed by atoms with Gasteiger partial charge in [-0.25, -0.2) is 4.79 Å². The summed E-state index contributed by atoms with van der Waals surface area (Å²) in [5.41, 5.74) is 4.82. The molecular weight excluding hydrogens is 416 g/mol. The van der Waals surface area contributed by atoms with Crippen LogP contribution >= 0.6 is 11.6 Å². The number of carbonyl (C=O) groups excluding carboxylic acids is 1. The van der Waals surface area contributed by atoms with E-state index in [0.717, 1.165) is 22.3 Å². The van der Waals surface area contributed by atoms with E-state index in [9.17, 15) is 15.0 Å². The Labute approximate surface area is 185 Å². The van der Waals surface area contributed by atoms with E-state index in [1.807, 2.05) is 24.3 Å². The van der Waals surface area contributed by atoms with Crippen LogP contribution < -0.4 is 5.32 Å².